The highest BCUT2D eigenvalue weighted by atomic mass is 15.2. The SMILES string of the molecule is C[C@@H]1CNC[C@H]1CN1CCc2ccccc21. The van der Waals surface area contributed by atoms with Crippen LogP contribution in [0.25, 0.3) is 0 Å². The summed E-state index contributed by atoms with van der Waals surface area (Å²) in [7, 11) is 0. The van der Waals surface area contributed by atoms with Crippen LogP contribution < -0.4 is 10.2 Å². The molecule has 16 heavy (non-hydrogen) atoms. The first kappa shape index (κ1) is 10.2. The highest BCUT2D eigenvalue weighted by molar-refractivity contribution is 5.57. The molecule has 2 aliphatic rings. The largest absolute Gasteiger partial charge is 0.371 e. The molecule has 0 spiro atoms. The smallest absolute Gasteiger partial charge is 0.0399 e. The van der Waals surface area contributed by atoms with Gasteiger partial charge in [0.1, 0.15) is 0 Å². The van der Waals surface area contributed by atoms with Gasteiger partial charge in [-0.3, -0.25) is 0 Å². The standard InChI is InChI=1S/C14H20N2/c1-11-8-15-9-13(11)10-16-7-6-12-4-2-3-5-14(12)16/h2-5,11,13,15H,6-10H2,1H3/t11-,13+/m1/s1. The van der Waals surface area contributed by atoms with Crippen molar-refractivity contribution >= 4 is 5.69 Å². The number of rotatable bonds is 2. The highest BCUT2D eigenvalue weighted by Gasteiger charge is 2.27. The van der Waals surface area contributed by atoms with Gasteiger partial charge in [-0.15, -0.1) is 0 Å². The Balaban J connectivity index is 1.73. The zero-order valence-electron chi connectivity index (χ0n) is 9.95. The fraction of sp³-hybridized carbons (Fsp3) is 0.571. The predicted octanol–water partition coefficient (Wildman–Crippen LogP) is 1.90. The minimum Gasteiger partial charge on any atom is -0.371 e. The van der Waals surface area contributed by atoms with E-state index in [0.29, 0.717) is 0 Å². The average molecular weight is 216 g/mol. The van der Waals surface area contributed by atoms with Crippen molar-refractivity contribution in [3.63, 3.8) is 0 Å². The quantitative estimate of drug-likeness (QED) is 0.812. The molecule has 0 unspecified atom stereocenters. The van der Waals surface area contributed by atoms with Gasteiger partial charge < -0.3 is 10.2 Å². The van der Waals surface area contributed by atoms with Gasteiger partial charge in [0.05, 0.1) is 0 Å². The molecule has 86 valence electrons. The molecule has 0 aromatic heterocycles. The van der Waals surface area contributed by atoms with Crippen LogP contribution in [0.1, 0.15) is 12.5 Å². The van der Waals surface area contributed by atoms with Crippen molar-refractivity contribution in [2.45, 2.75) is 13.3 Å². The minimum atomic E-state index is 0.825. The van der Waals surface area contributed by atoms with Gasteiger partial charge in [0.25, 0.3) is 0 Å². The molecule has 3 rings (SSSR count). The van der Waals surface area contributed by atoms with Crippen molar-refractivity contribution in [2.24, 2.45) is 11.8 Å². The maximum absolute atomic E-state index is 3.49. The number of fused-ring (bicyclic) bond motifs is 1. The van der Waals surface area contributed by atoms with Gasteiger partial charge in [-0.1, -0.05) is 25.1 Å². The van der Waals surface area contributed by atoms with E-state index >= 15 is 0 Å². The number of hydrogen-bond acceptors (Lipinski definition) is 2. The minimum absolute atomic E-state index is 0.825. The number of nitrogens with one attached hydrogen (secondary N) is 1. The lowest BCUT2D eigenvalue weighted by molar-refractivity contribution is 0.450. The van der Waals surface area contributed by atoms with E-state index in [1.54, 1.807) is 0 Å². The molecule has 1 aromatic carbocycles. The summed E-state index contributed by atoms with van der Waals surface area (Å²) in [5, 5.41) is 3.49. The van der Waals surface area contributed by atoms with E-state index < -0.39 is 0 Å². The molecule has 1 fully saturated rings. The van der Waals surface area contributed by atoms with Crippen LogP contribution in [0.3, 0.4) is 0 Å². The van der Waals surface area contributed by atoms with Crippen LogP contribution in [0.15, 0.2) is 24.3 Å². The van der Waals surface area contributed by atoms with Crippen LogP contribution in [0.5, 0.6) is 0 Å². The number of anilines is 1. The van der Waals surface area contributed by atoms with Gasteiger partial charge >= 0.3 is 0 Å². The molecular weight excluding hydrogens is 196 g/mol. The molecule has 2 aliphatic heterocycles. The fourth-order valence-electron chi connectivity index (χ4n) is 2.99. The fourth-order valence-corrected chi connectivity index (χ4v) is 2.99. The Hall–Kier alpha value is -1.02. The van der Waals surface area contributed by atoms with Crippen LogP contribution in [0.2, 0.25) is 0 Å². The van der Waals surface area contributed by atoms with Crippen LogP contribution in [0.4, 0.5) is 5.69 Å². The lowest BCUT2D eigenvalue weighted by atomic mass is 9.97. The summed E-state index contributed by atoms with van der Waals surface area (Å²) in [5.74, 6) is 1.65. The van der Waals surface area contributed by atoms with E-state index in [4.69, 9.17) is 0 Å². The molecule has 2 heterocycles. The van der Waals surface area contributed by atoms with E-state index in [2.05, 4.69) is 41.4 Å². The van der Waals surface area contributed by atoms with Gasteiger partial charge in [-0.25, -0.2) is 0 Å². The second-order valence-electron chi connectivity index (χ2n) is 5.22. The van der Waals surface area contributed by atoms with Crippen LogP contribution >= 0.6 is 0 Å². The monoisotopic (exact) mass is 216 g/mol. The van der Waals surface area contributed by atoms with Crippen LogP contribution in [-0.2, 0) is 6.42 Å². The molecule has 0 amide bonds. The molecule has 0 aliphatic carbocycles. The molecule has 0 saturated carbocycles. The first-order valence-corrected chi connectivity index (χ1v) is 6.38. The first-order chi connectivity index (χ1) is 7.84. The van der Waals surface area contributed by atoms with Crippen LogP contribution in [-0.4, -0.2) is 26.2 Å². The molecule has 1 N–H and O–H groups in total. The highest BCUT2D eigenvalue weighted by Crippen LogP contribution is 2.29. The lowest BCUT2D eigenvalue weighted by Crippen LogP contribution is -2.30. The van der Waals surface area contributed by atoms with Gasteiger partial charge in [0.2, 0.25) is 0 Å². The zero-order chi connectivity index (χ0) is 11.0. The molecule has 1 saturated heterocycles. The Morgan fingerprint density at radius 1 is 1.31 bits per heavy atom. The van der Waals surface area contributed by atoms with Gasteiger partial charge in [0.15, 0.2) is 0 Å². The summed E-state index contributed by atoms with van der Waals surface area (Å²) >= 11 is 0. The normalized spacial score (nSPS) is 28.4. The predicted molar refractivity (Wildman–Crippen MR) is 67.9 cm³/mol. The Morgan fingerprint density at radius 3 is 3.00 bits per heavy atom. The average Bonchev–Trinajstić information content (AvgIpc) is 2.88. The van der Waals surface area contributed by atoms with E-state index in [-0.39, 0.29) is 0 Å². The number of para-hydroxylation sites is 1. The number of benzene rings is 1. The molecule has 1 aromatic rings. The summed E-state index contributed by atoms with van der Waals surface area (Å²) in [4.78, 5) is 2.57. The molecule has 2 nitrogen and oxygen atoms in total. The molecule has 2 heteroatoms. The Labute approximate surface area is 97.6 Å². The van der Waals surface area contributed by atoms with E-state index in [1.807, 2.05) is 0 Å². The molecule has 0 radical (unpaired) electrons. The lowest BCUT2D eigenvalue weighted by Gasteiger charge is -2.25. The van der Waals surface area contributed by atoms with Crippen molar-refractivity contribution in [3.8, 4) is 0 Å². The van der Waals surface area contributed by atoms with Gasteiger partial charge in [-0.2, -0.15) is 0 Å². The summed E-state index contributed by atoms with van der Waals surface area (Å²) in [6.45, 7) is 7.19. The zero-order valence-corrected chi connectivity index (χ0v) is 9.95. The van der Waals surface area contributed by atoms with E-state index in [9.17, 15) is 0 Å². The van der Waals surface area contributed by atoms with Gasteiger partial charge in [0, 0.05) is 18.8 Å². The number of hydrogen-bond donors (Lipinski definition) is 1. The Bertz CT molecular complexity index is 375. The Morgan fingerprint density at radius 2 is 2.19 bits per heavy atom. The molecule has 0 bridgehead atoms. The summed E-state index contributed by atoms with van der Waals surface area (Å²) in [5.41, 5.74) is 3.00. The topological polar surface area (TPSA) is 15.3 Å². The molecule has 2 atom stereocenters. The van der Waals surface area contributed by atoms with E-state index in [0.717, 1.165) is 11.8 Å². The van der Waals surface area contributed by atoms with Crippen molar-refractivity contribution < 1.29 is 0 Å². The summed E-state index contributed by atoms with van der Waals surface area (Å²) < 4.78 is 0. The Kier molecular flexibility index (Phi) is 2.60. The summed E-state index contributed by atoms with van der Waals surface area (Å²) in [6, 6.07) is 8.86. The van der Waals surface area contributed by atoms with Crippen molar-refractivity contribution in [1.29, 1.82) is 0 Å². The third-order valence-electron chi connectivity index (χ3n) is 4.12. The van der Waals surface area contributed by atoms with Crippen molar-refractivity contribution in [2.75, 3.05) is 31.1 Å². The van der Waals surface area contributed by atoms with Crippen LogP contribution in [0, 0.1) is 11.8 Å². The second-order valence-corrected chi connectivity index (χ2v) is 5.22. The van der Waals surface area contributed by atoms with E-state index in [1.165, 1.54) is 43.9 Å². The maximum atomic E-state index is 3.49. The van der Waals surface area contributed by atoms with Gasteiger partial charge in [-0.05, 0) is 43.0 Å². The summed E-state index contributed by atoms with van der Waals surface area (Å²) in [6.07, 6.45) is 1.23. The maximum Gasteiger partial charge on any atom is 0.0399 e. The number of nitrogens with zero attached hydrogens (tertiary/aromatic N) is 1. The van der Waals surface area contributed by atoms with Crippen molar-refractivity contribution in [3.05, 3.63) is 29.8 Å². The van der Waals surface area contributed by atoms with Crippen molar-refractivity contribution in [1.82, 2.24) is 5.32 Å². The first-order valence-electron chi connectivity index (χ1n) is 6.38. The third-order valence-corrected chi connectivity index (χ3v) is 4.12. The second kappa shape index (κ2) is 4.10. The third kappa shape index (κ3) is 1.71. The molecular formula is C14H20N2.